The zero-order valence-electron chi connectivity index (χ0n) is 41.1. The van der Waals surface area contributed by atoms with Gasteiger partial charge in [-0.05, 0) is 82.0 Å². The number of hydrogen-bond acceptors (Lipinski definition) is 18. The molecule has 382 valence electrons. The molecule has 4 aliphatic heterocycles. The molecule has 1 saturated heterocycles. The monoisotopic (exact) mass is 1020 g/mol. The first-order valence-electron chi connectivity index (χ1n) is 22.6. The third kappa shape index (κ3) is 19.9. The van der Waals surface area contributed by atoms with Crippen LogP contribution in [0.2, 0.25) is 0 Å². The third-order valence-corrected chi connectivity index (χ3v) is 13.0. The summed E-state index contributed by atoms with van der Waals surface area (Å²) in [5.74, 6) is 7.01. The van der Waals surface area contributed by atoms with E-state index < -0.39 is 16.2 Å². The first-order chi connectivity index (χ1) is 32.8. The maximum atomic E-state index is 11.4. The van der Waals surface area contributed by atoms with Gasteiger partial charge in [-0.1, -0.05) is 49.4 Å². The molecule has 1 unspecified atom stereocenters. The molecular weight excluding hydrogens is 956 g/mol. The molecule has 8 atom stereocenters. The second kappa shape index (κ2) is 31.8. The van der Waals surface area contributed by atoms with Crippen molar-refractivity contribution in [2.45, 2.75) is 116 Å². The van der Waals surface area contributed by atoms with Gasteiger partial charge in [0.15, 0.2) is 11.7 Å². The maximum Gasteiger partial charge on any atom is 1.00 e. The van der Waals surface area contributed by atoms with Gasteiger partial charge in [0.1, 0.15) is 17.4 Å². The van der Waals surface area contributed by atoms with Gasteiger partial charge in [-0.25, -0.2) is 16.3 Å². The molecule has 3 fully saturated rings. The fourth-order valence-corrected chi connectivity index (χ4v) is 8.97. The van der Waals surface area contributed by atoms with Gasteiger partial charge in [0, 0.05) is 62.7 Å². The zero-order chi connectivity index (χ0) is 51.3. The number of carbonyl (C=O) groups is 3. The molecule has 0 spiro atoms. The predicted molar refractivity (Wildman–Crippen MR) is 249 cm³/mol. The number of nitrogens with one attached hydrogen (secondary N) is 1. The van der Waals surface area contributed by atoms with Gasteiger partial charge < -0.3 is 24.9 Å². The molecule has 0 aromatic carbocycles. The number of ketones is 2. The Morgan fingerprint density at radius 1 is 0.775 bits per heavy atom. The summed E-state index contributed by atoms with van der Waals surface area (Å²) in [7, 11) is -0.364. The number of hydrogen-bond donors (Lipinski definition) is 1. The van der Waals surface area contributed by atoms with Crippen molar-refractivity contribution < 1.29 is 90.7 Å². The number of aromatic nitrogens is 4. The molecule has 2 N–H and O–H groups in total. The van der Waals surface area contributed by atoms with Gasteiger partial charge >= 0.3 is 41.9 Å². The van der Waals surface area contributed by atoms with E-state index in [0.29, 0.717) is 66.6 Å². The average molecular weight is 1020 g/mol. The molecule has 2 saturated carbocycles. The van der Waals surface area contributed by atoms with Crippen molar-refractivity contribution in [3.05, 3.63) is 93.3 Å². The molecule has 5 aliphatic carbocycles. The summed E-state index contributed by atoms with van der Waals surface area (Å²) in [6.07, 6.45) is 30.3. The second-order valence-electron chi connectivity index (χ2n) is 17.4. The summed E-state index contributed by atoms with van der Waals surface area (Å²) in [5.41, 5.74) is -0.284. The number of β-lactam (4-membered cyclic amide) rings is 1. The van der Waals surface area contributed by atoms with Gasteiger partial charge in [-0.15, -0.1) is 0 Å². The van der Waals surface area contributed by atoms with Crippen molar-refractivity contribution in [1.82, 2.24) is 24.4 Å². The minimum absolute atomic E-state index is 0. The molecule has 1 amide bonds. The number of amides is 1. The molecule has 71 heavy (non-hydrogen) atoms. The van der Waals surface area contributed by atoms with E-state index in [4.69, 9.17) is 23.9 Å². The van der Waals surface area contributed by atoms with Crippen molar-refractivity contribution in [3.63, 3.8) is 0 Å². The second-order valence-corrected chi connectivity index (χ2v) is 19.1. The van der Waals surface area contributed by atoms with E-state index in [9.17, 15) is 37.2 Å². The van der Waals surface area contributed by atoms with Crippen LogP contribution < -0.4 is 46.0 Å². The van der Waals surface area contributed by atoms with Gasteiger partial charge in [-0.3, -0.25) is 37.7 Å². The SMILES string of the molecule is C1=CC2C=CC1C2.CC(=O)[C@@H]1CCc2nccc(=O)n21.COC1=N[C@H](C)CC1.COS(C)(=O)=O.C[C@@H]1CCC(=O)C1.O=C1N[C@H]2C3C=C[C@@H](C3)[C@@H]12.O=C=O.O=C=O.O=[C-][C@@H]1CCc2nccc(=O)n21.[Na+].[OH-]. The Bertz CT molecular complexity index is 2490. The largest absolute Gasteiger partial charge is 1.00 e. The molecule has 23 heteroatoms. The number of nitrogens with zero attached hydrogens (tertiary/aromatic N) is 5. The van der Waals surface area contributed by atoms with Gasteiger partial charge in [0.2, 0.25) is 5.91 Å². The van der Waals surface area contributed by atoms with E-state index in [1.54, 1.807) is 7.11 Å². The Hall–Kier alpha value is -5.44. The summed E-state index contributed by atoms with van der Waals surface area (Å²) in [5, 5.41) is 2.95. The summed E-state index contributed by atoms with van der Waals surface area (Å²) in [6, 6.07) is 3.06. The van der Waals surface area contributed by atoms with Crippen molar-refractivity contribution in [3.8, 4) is 0 Å². The molecule has 6 heterocycles. The number of rotatable bonds is 3. The maximum absolute atomic E-state index is 11.4. The zero-order valence-corrected chi connectivity index (χ0v) is 43.9. The summed E-state index contributed by atoms with van der Waals surface area (Å²) in [6.45, 7) is 5.75. The van der Waals surface area contributed by atoms with Crippen LogP contribution in [0.5, 0.6) is 0 Å². The van der Waals surface area contributed by atoms with Crippen molar-refractivity contribution >= 4 is 52.1 Å². The molecule has 0 radical (unpaired) electrons. The van der Waals surface area contributed by atoms with E-state index in [-0.39, 0.29) is 76.2 Å². The number of ether oxygens (including phenoxy) is 1. The van der Waals surface area contributed by atoms with Crippen LogP contribution in [-0.4, -0.2) is 108 Å². The van der Waals surface area contributed by atoms with Crippen LogP contribution in [0.1, 0.15) is 102 Å². The van der Waals surface area contributed by atoms with Crippen molar-refractivity contribution in [2.75, 3.05) is 20.5 Å². The number of allylic oxidation sites excluding steroid dienone is 5. The minimum Gasteiger partial charge on any atom is -0.870 e. The van der Waals surface area contributed by atoms with Crippen LogP contribution in [0, 0.1) is 35.5 Å². The number of aryl methyl sites for hydroxylation is 2. The average Bonchev–Trinajstić information content (AvgIpc) is 4.18. The molecule has 9 aliphatic rings. The van der Waals surface area contributed by atoms with Crippen LogP contribution in [0.3, 0.4) is 0 Å². The summed E-state index contributed by atoms with van der Waals surface area (Å²) < 4.78 is 31.3. The normalized spacial score (nSPS) is 26.5. The number of aliphatic imine (C=N–C) groups is 1. The Morgan fingerprint density at radius 2 is 1.30 bits per heavy atom. The third-order valence-electron chi connectivity index (χ3n) is 12.4. The molecule has 21 nitrogen and oxygen atoms in total. The fraction of sp³-hybridized carbons (Fsp3) is 0.562. The molecule has 2 aromatic heterocycles. The van der Waals surface area contributed by atoms with Gasteiger partial charge in [0.05, 0.1) is 38.5 Å². The van der Waals surface area contributed by atoms with Crippen LogP contribution in [0.4, 0.5) is 0 Å². The van der Waals surface area contributed by atoms with Crippen LogP contribution in [-0.2, 0) is 70.2 Å². The van der Waals surface area contributed by atoms with E-state index in [0.717, 1.165) is 75.4 Å². The van der Waals surface area contributed by atoms with E-state index in [1.807, 2.05) is 6.29 Å². The first kappa shape index (κ1) is 63.6. The molecular formula is C48H62N6NaO15S-. The van der Waals surface area contributed by atoms with Crippen LogP contribution in [0.25, 0.3) is 0 Å². The summed E-state index contributed by atoms with van der Waals surface area (Å²) >= 11 is 0. The number of fused-ring (bicyclic) bond motifs is 9. The first-order valence-corrected chi connectivity index (χ1v) is 24.4. The van der Waals surface area contributed by atoms with Crippen LogP contribution in [0.15, 0.2) is 75.6 Å². The Kier molecular flexibility index (Phi) is 28.5. The van der Waals surface area contributed by atoms with Crippen molar-refractivity contribution in [1.29, 1.82) is 0 Å². The minimum atomic E-state index is -3.16. The van der Waals surface area contributed by atoms with Gasteiger partial charge in [-0.2, -0.15) is 27.6 Å². The molecule has 4 bridgehead atoms. The molecule has 2 aromatic rings. The number of carbonyl (C=O) groups excluding carboxylic acids is 8. The topological polar surface area (TPSA) is 313 Å². The van der Waals surface area contributed by atoms with Gasteiger partial charge in [0.25, 0.3) is 21.2 Å². The predicted octanol–water partition coefficient (Wildman–Crippen LogP) is 0.0570. The van der Waals surface area contributed by atoms with Crippen molar-refractivity contribution in [2.24, 2.45) is 40.5 Å². The van der Waals surface area contributed by atoms with E-state index in [2.05, 4.69) is 74.8 Å². The quantitative estimate of drug-likeness (QED) is 0.140. The smallest absolute Gasteiger partial charge is 0.870 e. The van der Waals surface area contributed by atoms with E-state index >= 15 is 0 Å². The Morgan fingerprint density at radius 3 is 1.65 bits per heavy atom. The molecule has 11 rings (SSSR count). The fourth-order valence-electron chi connectivity index (χ4n) is 8.97. The van der Waals surface area contributed by atoms with E-state index in [1.165, 1.54) is 53.4 Å². The summed E-state index contributed by atoms with van der Waals surface area (Å²) in [4.78, 5) is 110. The Labute approximate surface area is 434 Å². The number of methoxy groups -OCH3 is 1. The Balaban J connectivity index is 0.000000410. The standard InChI is InChI=1S/C9H10N2O2.C8H7N2O2.C8H9NO.C7H8.C6H11NO.C6H10O.C2H6O3S.2CO2.Na.H2O/c1-6(12)7-2-3-8-10-5-4-9(13)11(7)8;11-5-6-1-2-7-9-4-3-8(12)10(6)7;10-8-6-4-1-2-5(3-4)7(6)9-8;1-2-7-4-3-6(1)5-7;1-5-3-4-6(7-5)8-2;1-5-2-3-6(7)4-5;1-5-6(2,3)4;2*2-1-3;;/h4-5,7H,2-3H2,1H3;3-4,6H,1-2H2;1-2,4-7H,3H2,(H,9,10);1-4,6-7H,5H2;5H,3-4H2,1-2H3;5H,2-4H2,1H3;1-2H3;;;;1H2/q;-1;;;;;;;;+1;/p-1/t7-;6-;4-,5?,6+,7-;;2*5-;;;;;/m000.11...../s1. The van der Waals surface area contributed by atoms with Crippen LogP contribution >= 0.6 is 0 Å². The number of Topliss-reactive ketones (excluding diaryl/α,β-unsaturated/α-hetero) is 2.